The Morgan fingerprint density at radius 1 is 0.840 bits per heavy atom. The molecule has 9 nitrogen and oxygen atoms in total. The number of hydrogen-bond acceptors (Lipinski definition) is 7. The smallest absolute Gasteiger partial charge is 0.295 e. The quantitative estimate of drug-likeness (QED) is 0.167. The lowest BCUT2D eigenvalue weighted by atomic mass is 10.1. The van der Waals surface area contributed by atoms with E-state index in [2.05, 4.69) is 5.43 Å². The van der Waals surface area contributed by atoms with Crippen molar-refractivity contribution in [3.8, 4) is 0 Å². The standard InChI is InChI=1S/C14H15N3O6S2/c15-11-5-3-9(13(7-11)24(18,19)20)1-2-10-4-6-12(17-16)8-14(10)25(21,22)23/h1-8,17H,15-16H2,(H,18,19,20)(H,21,22,23)/b2-1+. The molecule has 0 aliphatic heterocycles. The largest absolute Gasteiger partial charge is 0.399 e. The number of rotatable bonds is 5. The van der Waals surface area contributed by atoms with Crippen molar-refractivity contribution in [2.45, 2.75) is 9.79 Å². The van der Waals surface area contributed by atoms with Crippen molar-refractivity contribution in [3.05, 3.63) is 47.5 Å². The molecule has 0 aliphatic rings. The summed E-state index contributed by atoms with van der Waals surface area (Å²) in [7, 11) is -9.09. The maximum absolute atomic E-state index is 11.5. The first kappa shape index (κ1) is 18.9. The zero-order valence-electron chi connectivity index (χ0n) is 12.6. The molecular weight excluding hydrogens is 370 g/mol. The van der Waals surface area contributed by atoms with Crippen molar-refractivity contribution < 1.29 is 25.9 Å². The molecule has 0 aliphatic carbocycles. The van der Waals surface area contributed by atoms with Crippen LogP contribution in [-0.2, 0) is 20.2 Å². The fraction of sp³-hybridized carbons (Fsp3) is 0. The second-order valence-corrected chi connectivity index (χ2v) is 7.76. The Bertz CT molecular complexity index is 1050. The fourth-order valence-electron chi connectivity index (χ4n) is 2.08. The Labute approximate surface area is 144 Å². The summed E-state index contributed by atoms with van der Waals surface area (Å²) in [4.78, 5) is -0.861. The average molecular weight is 385 g/mol. The lowest BCUT2D eigenvalue weighted by Crippen LogP contribution is -2.08. The molecule has 0 aromatic heterocycles. The lowest BCUT2D eigenvalue weighted by Gasteiger charge is -2.07. The summed E-state index contributed by atoms with van der Waals surface area (Å²) in [5, 5.41) is 0. The maximum atomic E-state index is 11.5. The average Bonchev–Trinajstić information content (AvgIpc) is 2.51. The van der Waals surface area contributed by atoms with Crippen molar-refractivity contribution in [3.63, 3.8) is 0 Å². The van der Waals surface area contributed by atoms with E-state index >= 15 is 0 Å². The minimum atomic E-state index is -4.55. The second-order valence-electron chi connectivity index (χ2n) is 4.98. The Morgan fingerprint density at radius 2 is 1.32 bits per heavy atom. The summed E-state index contributed by atoms with van der Waals surface area (Å²) in [6.07, 6.45) is 2.53. The number of hydrogen-bond donors (Lipinski definition) is 5. The topological polar surface area (TPSA) is 173 Å². The van der Waals surface area contributed by atoms with Crippen LogP contribution in [-0.4, -0.2) is 25.9 Å². The van der Waals surface area contributed by atoms with E-state index in [-0.39, 0.29) is 22.5 Å². The van der Waals surface area contributed by atoms with E-state index in [1.54, 1.807) is 0 Å². The van der Waals surface area contributed by atoms with Crippen LogP contribution in [0.1, 0.15) is 11.1 Å². The van der Waals surface area contributed by atoms with Gasteiger partial charge < -0.3 is 11.2 Å². The molecule has 0 radical (unpaired) electrons. The highest BCUT2D eigenvalue weighted by molar-refractivity contribution is 7.86. The number of nitrogens with one attached hydrogen (secondary N) is 1. The molecule has 0 spiro atoms. The minimum absolute atomic E-state index is 0.0824. The van der Waals surface area contributed by atoms with Gasteiger partial charge in [-0.15, -0.1) is 0 Å². The van der Waals surface area contributed by atoms with Gasteiger partial charge in [-0.1, -0.05) is 24.3 Å². The van der Waals surface area contributed by atoms with E-state index in [1.165, 1.54) is 36.4 Å². The normalized spacial score (nSPS) is 12.4. The first-order valence-electron chi connectivity index (χ1n) is 6.65. The molecule has 25 heavy (non-hydrogen) atoms. The summed E-state index contributed by atoms with van der Waals surface area (Å²) < 4.78 is 64.5. The molecule has 0 fully saturated rings. The van der Waals surface area contributed by atoms with Gasteiger partial charge in [0.05, 0.1) is 0 Å². The van der Waals surface area contributed by atoms with Gasteiger partial charge in [-0.25, -0.2) is 0 Å². The van der Waals surface area contributed by atoms with Gasteiger partial charge in [0.1, 0.15) is 9.79 Å². The van der Waals surface area contributed by atoms with E-state index in [9.17, 15) is 25.9 Å². The van der Waals surface area contributed by atoms with Gasteiger partial charge in [0.2, 0.25) is 0 Å². The fourth-order valence-corrected chi connectivity index (χ4v) is 3.51. The number of anilines is 2. The van der Waals surface area contributed by atoms with Gasteiger partial charge in [-0.3, -0.25) is 14.9 Å². The van der Waals surface area contributed by atoms with Crippen LogP contribution in [0.4, 0.5) is 11.4 Å². The molecule has 0 unspecified atom stereocenters. The third kappa shape index (κ3) is 4.55. The highest BCUT2D eigenvalue weighted by Crippen LogP contribution is 2.25. The molecule has 134 valence electrons. The van der Waals surface area contributed by atoms with Crippen LogP contribution >= 0.6 is 0 Å². The van der Waals surface area contributed by atoms with E-state index in [1.807, 2.05) is 0 Å². The molecule has 0 atom stereocenters. The highest BCUT2D eigenvalue weighted by Gasteiger charge is 2.16. The molecule has 0 bridgehead atoms. The van der Waals surface area contributed by atoms with Crippen LogP contribution in [0.15, 0.2) is 46.2 Å². The van der Waals surface area contributed by atoms with Crippen LogP contribution in [0.5, 0.6) is 0 Å². The first-order valence-corrected chi connectivity index (χ1v) is 9.53. The predicted octanol–water partition coefficient (Wildman–Crippen LogP) is 1.22. The number of nitrogen functional groups attached to an aromatic ring is 2. The monoisotopic (exact) mass is 385 g/mol. The second kappa shape index (κ2) is 6.82. The zero-order chi connectivity index (χ0) is 18.8. The molecule has 0 amide bonds. The SMILES string of the molecule is NNc1ccc(/C=C/c2ccc(N)cc2S(=O)(=O)O)c(S(=O)(=O)O)c1. The molecule has 2 rings (SSSR count). The van der Waals surface area contributed by atoms with Gasteiger partial charge in [0, 0.05) is 11.4 Å². The molecule has 7 N–H and O–H groups in total. The third-order valence-electron chi connectivity index (χ3n) is 3.22. The van der Waals surface area contributed by atoms with Crippen LogP contribution in [0.3, 0.4) is 0 Å². The van der Waals surface area contributed by atoms with Crippen molar-refractivity contribution in [2.75, 3.05) is 11.2 Å². The van der Waals surface area contributed by atoms with Crippen molar-refractivity contribution in [2.24, 2.45) is 5.84 Å². The molecule has 2 aromatic rings. The summed E-state index contributed by atoms with van der Waals surface area (Å²) in [6, 6.07) is 7.76. The molecule has 2 aromatic carbocycles. The third-order valence-corrected chi connectivity index (χ3v) is 5.03. The van der Waals surface area contributed by atoms with Crippen LogP contribution < -0.4 is 17.0 Å². The molecular formula is C14H15N3O6S2. The van der Waals surface area contributed by atoms with E-state index in [0.29, 0.717) is 0 Å². The van der Waals surface area contributed by atoms with E-state index in [0.717, 1.165) is 12.1 Å². The molecule has 0 saturated carbocycles. The van der Waals surface area contributed by atoms with Gasteiger partial charge in [0.25, 0.3) is 20.2 Å². The summed E-state index contributed by atoms with van der Waals surface area (Å²) in [6.45, 7) is 0. The zero-order valence-corrected chi connectivity index (χ0v) is 14.3. The highest BCUT2D eigenvalue weighted by atomic mass is 32.2. The Kier molecular flexibility index (Phi) is 5.15. The summed E-state index contributed by atoms with van der Waals surface area (Å²) in [5.41, 5.74) is 8.30. The van der Waals surface area contributed by atoms with Crippen LogP contribution in [0.2, 0.25) is 0 Å². The Morgan fingerprint density at radius 3 is 1.80 bits per heavy atom. The number of benzene rings is 2. The molecule has 11 heteroatoms. The summed E-state index contributed by atoms with van der Waals surface area (Å²) in [5.74, 6) is 5.21. The van der Waals surface area contributed by atoms with E-state index in [4.69, 9.17) is 11.6 Å². The first-order chi connectivity index (χ1) is 11.5. The van der Waals surface area contributed by atoms with Gasteiger partial charge in [-0.05, 0) is 35.4 Å². The predicted molar refractivity (Wildman–Crippen MR) is 93.7 cm³/mol. The van der Waals surface area contributed by atoms with Crippen LogP contribution in [0.25, 0.3) is 12.2 Å². The van der Waals surface area contributed by atoms with Crippen LogP contribution in [0, 0.1) is 0 Å². The Hall–Kier alpha value is -2.44. The van der Waals surface area contributed by atoms with Crippen molar-refractivity contribution >= 4 is 43.8 Å². The minimum Gasteiger partial charge on any atom is -0.399 e. The van der Waals surface area contributed by atoms with Gasteiger partial charge in [-0.2, -0.15) is 16.8 Å². The Balaban J connectivity index is 2.58. The van der Waals surface area contributed by atoms with Crippen molar-refractivity contribution in [1.29, 1.82) is 0 Å². The van der Waals surface area contributed by atoms with Gasteiger partial charge >= 0.3 is 0 Å². The summed E-state index contributed by atoms with van der Waals surface area (Å²) >= 11 is 0. The van der Waals surface area contributed by atoms with E-state index < -0.39 is 30.0 Å². The number of nitrogens with two attached hydrogens (primary N) is 2. The number of hydrazine groups is 1. The molecule has 0 saturated heterocycles. The maximum Gasteiger partial charge on any atom is 0.295 e. The lowest BCUT2D eigenvalue weighted by molar-refractivity contribution is 0.480. The molecule has 0 heterocycles. The van der Waals surface area contributed by atoms with Crippen molar-refractivity contribution in [1.82, 2.24) is 0 Å². The van der Waals surface area contributed by atoms with Gasteiger partial charge in [0.15, 0.2) is 0 Å².